The van der Waals surface area contributed by atoms with E-state index < -0.39 is 75.5 Å². The number of rotatable bonds is 29. The number of alkyl carbamates (subject to hydrolysis) is 1. The summed E-state index contributed by atoms with van der Waals surface area (Å²) in [4.78, 5) is 74.5. The summed E-state index contributed by atoms with van der Waals surface area (Å²) in [5.74, 6) is -1.98. The zero-order valence-electron chi connectivity index (χ0n) is 52.7. The number of amides is 3. The van der Waals surface area contributed by atoms with Gasteiger partial charge in [-0.15, -0.1) is 0 Å². The lowest BCUT2D eigenvalue weighted by Gasteiger charge is -2.35. The Hall–Kier alpha value is -8.19. The fourth-order valence-electron chi connectivity index (χ4n) is 11.0. The Bertz CT molecular complexity index is 3600. The van der Waals surface area contributed by atoms with E-state index in [9.17, 15) is 32.4 Å². The summed E-state index contributed by atoms with van der Waals surface area (Å²) in [6.45, 7) is 18.7. The molecule has 88 heavy (non-hydrogen) atoms. The molecule has 6 aromatic carbocycles. The lowest BCUT2D eigenvalue weighted by atomic mass is 9.88. The van der Waals surface area contributed by atoms with Crippen LogP contribution in [-0.2, 0) is 51.7 Å². The first-order valence-corrected chi connectivity index (χ1v) is 32.1. The third-order valence-electron chi connectivity index (χ3n) is 15.6. The number of Topliss-reactive ketones (excluding diaryl/α,β-unsaturated/α-hetero) is 1. The molecule has 0 unspecified atom stereocenters. The van der Waals surface area contributed by atoms with Crippen LogP contribution in [0.5, 0.6) is 17.2 Å². The molecule has 0 radical (unpaired) electrons. The Labute approximate surface area is 518 Å². The van der Waals surface area contributed by atoms with E-state index in [-0.39, 0.29) is 62.7 Å². The van der Waals surface area contributed by atoms with Gasteiger partial charge < -0.3 is 45.4 Å². The van der Waals surface area contributed by atoms with Gasteiger partial charge in [-0.25, -0.2) is 22.7 Å². The van der Waals surface area contributed by atoms with Gasteiger partial charge in [-0.05, 0) is 175 Å². The van der Waals surface area contributed by atoms with Crippen LogP contribution in [0.3, 0.4) is 0 Å². The van der Waals surface area contributed by atoms with E-state index in [1.54, 1.807) is 34.6 Å². The Balaban J connectivity index is 1.13. The first kappa shape index (κ1) is 67.3. The predicted molar refractivity (Wildman–Crippen MR) is 344 cm³/mol. The molecule has 1 heterocycles. The molecule has 6 aromatic rings. The van der Waals surface area contributed by atoms with Crippen molar-refractivity contribution >= 4 is 67.2 Å². The highest BCUT2D eigenvalue weighted by Crippen LogP contribution is 2.46. The van der Waals surface area contributed by atoms with E-state index in [4.69, 9.17) is 29.4 Å². The maximum atomic E-state index is 14.9. The summed E-state index contributed by atoms with van der Waals surface area (Å²) in [5, 5.41) is 12.3. The molecule has 19 heteroatoms. The number of carbonyl (C=O) groups is 5. The molecule has 0 spiro atoms. The number of esters is 1. The topological polar surface area (TPSA) is 252 Å². The zero-order valence-corrected chi connectivity index (χ0v) is 53.5. The molecular formula is C69H88N6O12S. The second-order valence-corrected chi connectivity index (χ2v) is 25.8. The second-order valence-electron chi connectivity index (χ2n) is 24.2. The SMILES string of the molecule is CCCOc1ccc2ccccc2c1-c1c(OCC(=O)N[C@H](CCCCNC(=O)OC(C)(C)C)C(=O)C[C@H](CCCN=C(N)NS(=O)(=O)c2c(C)c(C)c3c(c2C)CCC(C)(C)O3)C(=O)N[C@@H](CCC)C(=O)OCc2ccccc2)ccc2ccccc12. The van der Waals surface area contributed by atoms with Crippen molar-refractivity contribution in [2.75, 3.05) is 26.3 Å². The first-order chi connectivity index (χ1) is 41.9. The van der Waals surface area contributed by atoms with Crippen LogP contribution in [0.25, 0.3) is 32.7 Å². The number of ketones is 1. The van der Waals surface area contributed by atoms with Crippen LogP contribution in [0.1, 0.15) is 140 Å². The molecule has 0 aliphatic carbocycles. The molecule has 3 atom stereocenters. The van der Waals surface area contributed by atoms with Gasteiger partial charge in [0, 0.05) is 36.6 Å². The van der Waals surface area contributed by atoms with Gasteiger partial charge in [-0.1, -0.05) is 111 Å². The maximum absolute atomic E-state index is 14.9. The minimum atomic E-state index is -4.23. The average molecular weight is 1230 g/mol. The van der Waals surface area contributed by atoms with Crippen molar-refractivity contribution in [2.24, 2.45) is 16.6 Å². The lowest BCUT2D eigenvalue weighted by molar-refractivity contribution is -0.150. The first-order valence-electron chi connectivity index (χ1n) is 30.6. The Morgan fingerprint density at radius 1 is 0.727 bits per heavy atom. The van der Waals surface area contributed by atoms with Crippen LogP contribution >= 0.6 is 0 Å². The summed E-state index contributed by atoms with van der Waals surface area (Å²) in [6.07, 6.45) is 3.04. The number of sulfonamides is 1. The molecule has 1 aliphatic rings. The van der Waals surface area contributed by atoms with E-state index in [1.165, 1.54) is 0 Å². The van der Waals surface area contributed by atoms with Gasteiger partial charge >= 0.3 is 12.1 Å². The molecule has 0 saturated carbocycles. The van der Waals surface area contributed by atoms with Gasteiger partial charge in [0.25, 0.3) is 15.9 Å². The minimum Gasteiger partial charge on any atom is -0.493 e. The van der Waals surface area contributed by atoms with Crippen LogP contribution < -0.4 is 40.6 Å². The average Bonchev–Trinajstić information content (AvgIpc) is 1.20. The van der Waals surface area contributed by atoms with Crippen molar-refractivity contribution in [3.05, 3.63) is 131 Å². The summed E-state index contributed by atoms with van der Waals surface area (Å²) < 4.78 is 60.9. The van der Waals surface area contributed by atoms with Crippen molar-refractivity contribution in [1.29, 1.82) is 0 Å². The van der Waals surface area contributed by atoms with Crippen molar-refractivity contribution in [3.8, 4) is 28.4 Å². The van der Waals surface area contributed by atoms with Crippen LogP contribution in [0.15, 0.2) is 113 Å². The molecule has 3 amide bonds. The van der Waals surface area contributed by atoms with Gasteiger partial charge in [0.1, 0.15) is 41.1 Å². The van der Waals surface area contributed by atoms with E-state index in [0.717, 1.165) is 55.8 Å². The van der Waals surface area contributed by atoms with Gasteiger partial charge in [0.15, 0.2) is 12.4 Å². The van der Waals surface area contributed by atoms with Gasteiger partial charge in [0.2, 0.25) is 11.9 Å². The molecule has 18 nitrogen and oxygen atoms in total. The number of hydrogen-bond acceptors (Lipinski definition) is 13. The number of nitrogens with zero attached hydrogens (tertiary/aromatic N) is 1. The van der Waals surface area contributed by atoms with Crippen molar-refractivity contribution in [1.82, 2.24) is 20.7 Å². The van der Waals surface area contributed by atoms with Crippen molar-refractivity contribution in [2.45, 2.75) is 175 Å². The van der Waals surface area contributed by atoms with Gasteiger partial charge in [-0.2, -0.15) is 0 Å². The number of guanidine groups is 1. The zero-order chi connectivity index (χ0) is 63.8. The number of unbranched alkanes of at least 4 members (excludes halogenated alkanes) is 1. The second kappa shape index (κ2) is 30.6. The van der Waals surface area contributed by atoms with E-state index >= 15 is 0 Å². The number of hydrogen-bond donors (Lipinski definition) is 5. The third kappa shape index (κ3) is 18.2. The molecule has 6 N–H and O–H groups in total. The van der Waals surface area contributed by atoms with E-state index in [2.05, 4.69) is 25.7 Å². The highest BCUT2D eigenvalue weighted by molar-refractivity contribution is 7.90. The lowest BCUT2D eigenvalue weighted by Crippen LogP contribution is -2.47. The predicted octanol–water partition coefficient (Wildman–Crippen LogP) is 11.7. The highest BCUT2D eigenvalue weighted by atomic mass is 32.2. The molecule has 0 fully saturated rings. The Morgan fingerprint density at radius 2 is 1.36 bits per heavy atom. The van der Waals surface area contributed by atoms with Crippen LogP contribution in [0.4, 0.5) is 4.79 Å². The highest BCUT2D eigenvalue weighted by Gasteiger charge is 2.35. The number of carbonyl (C=O) groups excluding carboxylic acids is 5. The molecule has 1 aliphatic heterocycles. The van der Waals surface area contributed by atoms with E-state index in [0.29, 0.717) is 67.1 Å². The summed E-state index contributed by atoms with van der Waals surface area (Å²) in [6, 6.07) is 30.6. The van der Waals surface area contributed by atoms with E-state index in [1.807, 2.05) is 138 Å². The quantitative estimate of drug-likeness (QED) is 0.0127. The summed E-state index contributed by atoms with van der Waals surface area (Å²) in [5.41, 5.74) is 10.1. The molecule has 0 aromatic heterocycles. The number of benzene rings is 6. The standard InChI is InChI=1S/C69H88N6O12S/c1-11-23-55(65(79)85-42-47-24-14-13-15-25-47)74-64(78)50(28-22-39-71-66(70)75-88(81,82)63-45(4)44(3)62-51(46(63)5)36-37-69(9,10)86-62)41-56(76)54(31-20-21-38-72-67(80)87-68(6,7)8)73-59(77)43-84-58-35-33-49-27-17-19-30-53(49)61(58)60-52-29-18-16-26-48(52)32-34-57(60)83-40-12-2/h13-19,24-27,29-30,32-35,50,54-55H,11-12,20-23,28,31,36-43H2,1-10H3,(H,72,80)(H,73,77)(H,74,78)(H3,70,71,75)/t50-,54+,55-/m0/s1. The molecule has 472 valence electrons. The normalized spacial score (nSPS) is 14.1. The third-order valence-corrected chi connectivity index (χ3v) is 17.2. The largest absolute Gasteiger partial charge is 0.493 e. The molecule has 7 rings (SSSR count). The fourth-order valence-corrected chi connectivity index (χ4v) is 12.5. The Morgan fingerprint density at radius 3 is 2.00 bits per heavy atom. The van der Waals surface area contributed by atoms with Crippen LogP contribution in [0.2, 0.25) is 0 Å². The fraction of sp³-hybridized carbons (Fsp3) is 0.449. The van der Waals surface area contributed by atoms with Crippen LogP contribution in [0, 0.1) is 26.7 Å². The van der Waals surface area contributed by atoms with Gasteiger partial charge in [-0.3, -0.25) is 19.4 Å². The van der Waals surface area contributed by atoms with Crippen molar-refractivity contribution < 1.29 is 56.1 Å². The van der Waals surface area contributed by atoms with Gasteiger partial charge in [0.05, 0.1) is 17.5 Å². The number of fused-ring (bicyclic) bond motifs is 3. The molecular weight excluding hydrogens is 1140 g/mol. The minimum absolute atomic E-state index is 0.0169. The van der Waals surface area contributed by atoms with Crippen molar-refractivity contribution in [3.63, 3.8) is 0 Å². The maximum Gasteiger partial charge on any atom is 0.407 e. The molecule has 0 bridgehead atoms. The monoisotopic (exact) mass is 1220 g/mol. The smallest absolute Gasteiger partial charge is 0.407 e. The number of nitrogens with one attached hydrogen (secondary N) is 4. The number of nitrogens with two attached hydrogens (primary N) is 1. The van der Waals surface area contributed by atoms with Crippen LogP contribution in [-0.4, -0.2) is 93.6 Å². The number of ether oxygens (including phenoxy) is 5. The summed E-state index contributed by atoms with van der Waals surface area (Å²) in [7, 11) is -4.23. The number of aliphatic imine (C=N–C) groups is 1. The molecule has 0 saturated heterocycles. The summed E-state index contributed by atoms with van der Waals surface area (Å²) >= 11 is 0. The Kier molecular flexibility index (Phi) is 23.4.